The molecule has 2 heterocycles. The molecule has 1 N–H and O–H groups in total. The van der Waals surface area contributed by atoms with Crippen molar-refractivity contribution in [3.8, 4) is 0 Å². The highest BCUT2D eigenvalue weighted by atomic mass is 16.5. The van der Waals surface area contributed by atoms with Crippen molar-refractivity contribution in [2.45, 2.75) is 37.9 Å². The maximum Gasteiger partial charge on any atom is 0.0853 e. The summed E-state index contributed by atoms with van der Waals surface area (Å²) < 4.78 is 11.5. The molecule has 0 aromatic carbocycles. The fraction of sp³-hybridized carbons (Fsp3) is 1.00. The third-order valence-corrected chi connectivity index (χ3v) is 3.10. The van der Waals surface area contributed by atoms with Gasteiger partial charge in [-0.3, -0.25) is 0 Å². The Kier molecular flexibility index (Phi) is 2.86. The van der Waals surface area contributed by atoms with Crippen LogP contribution in [0.5, 0.6) is 0 Å². The lowest BCUT2D eigenvalue weighted by atomic mass is 9.88. The van der Waals surface area contributed by atoms with E-state index in [4.69, 9.17) is 9.47 Å². The molecule has 2 unspecified atom stereocenters. The molecule has 0 aromatic heterocycles. The fourth-order valence-corrected chi connectivity index (χ4v) is 2.25. The first kappa shape index (κ1) is 9.44. The lowest BCUT2D eigenvalue weighted by Crippen LogP contribution is -2.54. The Balaban J connectivity index is 1.95. The molecule has 0 radical (unpaired) electrons. The van der Waals surface area contributed by atoms with E-state index in [-0.39, 0.29) is 5.60 Å². The highest BCUT2D eigenvalue weighted by Crippen LogP contribution is 2.30. The molecule has 3 nitrogen and oxygen atoms in total. The predicted octanol–water partition coefficient (Wildman–Crippen LogP) is 0.934. The van der Waals surface area contributed by atoms with E-state index in [0.717, 1.165) is 45.6 Å². The zero-order valence-corrected chi connectivity index (χ0v) is 8.34. The van der Waals surface area contributed by atoms with Gasteiger partial charge in [-0.2, -0.15) is 0 Å². The Morgan fingerprint density at radius 3 is 3.08 bits per heavy atom. The second-order valence-corrected chi connectivity index (χ2v) is 4.06. The van der Waals surface area contributed by atoms with Crippen molar-refractivity contribution in [1.82, 2.24) is 5.32 Å². The molecule has 0 aliphatic carbocycles. The van der Waals surface area contributed by atoms with E-state index < -0.39 is 0 Å². The van der Waals surface area contributed by atoms with E-state index in [9.17, 15) is 0 Å². The minimum Gasteiger partial charge on any atom is -0.378 e. The molecule has 1 spiro atoms. The maximum absolute atomic E-state index is 5.90. The number of ether oxygens (including phenoxy) is 2. The average molecular weight is 185 g/mol. The van der Waals surface area contributed by atoms with Gasteiger partial charge < -0.3 is 14.8 Å². The summed E-state index contributed by atoms with van der Waals surface area (Å²) >= 11 is 0. The first-order chi connectivity index (χ1) is 6.35. The second kappa shape index (κ2) is 3.95. The molecule has 0 bridgehead atoms. The van der Waals surface area contributed by atoms with Crippen LogP contribution < -0.4 is 5.32 Å². The molecule has 2 rings (SSSR count). The third kappa shape index (κ3) is 2.03. The molecule has 2 atom stereocenters. The van der Waals surface area contributed by atoms with E-state index in [0.29, 0.717) is 6.10 Å². The summed E-state index contributed by atoms with van der Waals surface area (Å²) in [5, 5.41) is 3.41. The predicted molar refractivity (Wildman–Crippen MR) is 50.8 cm³/mol. The summed E-state index contributed by atoms with van der Waals surface area (Å²) in [5.74, 6) is 0. The van der Waals surface area contributed by atoms with E-state index in [1.807, 2.05) is 0 Å². The lowest BCUT2D eigenvalue weighted by Gasteiger charge is -2.43. The number of hydrogen-bond acceptors (Lipinski definition) is 3. The second-order valence-electron chi connectivity index (χ2n) is 4.06. The summed E-state index contributed by atoms with van der Waals surface area (Å²) in [4.78, 5) is 0. The van der Waals surface area contributed by atoms with Crippen LogP contribution >= 0.6 is 0 Å². The molecule has 0 aromatic rings. The van der Waals surface area contributed by atoms with Crippen molar-refractivity contribution in [3.63, 3.8) is 0 Å². The maximum atomic E-state index is 5.90. The van der Waals surface area contributed by atoms with Crippen molar-refractivity contribution >= 4 is 0 Å². The summed E-state index contributed by atoms with van der Waals surface area (Å²) in [5.41, 5.74) is 0.0944. The van der Waals surface area contributed by atoms with E-state index in [2.05, 4.69) is 12.2 Å². The molecule has 76 valence electrons. The molecule has 2 aliphatic heterocycles. The van der Waals surface area contributed by atoms with Crippen LogP contribution in [0, 0.1) is 0 Å². The van der Waals surface area contributed by atoms with E-state index in [1.165, 1.54) is 0 Å². The normalized spacial score (nSPS) is 40.8. The minimum absolute atomic E-state index is 0.0944. The highest BCUT2D eigenvalue weighted by molar-refractivity contribution is 4.91. The molecule has 0 saturated carbocycles. The van der Waals surface area contributed by atoms with Gasteiger partial charge in [0.05, 0.1) is 18.3 Å². The van der Waals surface area contributed by atoms with Crippen LogP contribution in [0.1, 0.15) is 26.2 Å². The summed E-state index contributed by atoms with van der Waals surface area (Å²) in [6, 6.07) is 0. The van der Waals surface area contributed by atoms with Crippen LogP contribution in [0.2, 0.25) is 0 Å². The Labute approximate surface area is 79.8 Å². The topological polar surface area (TPSA) is 30.5 Å². The van der Waals surface area contributed by atoms with E-state index >= 15 is 0 Å². The minimum atomic E-state index is 0.0944. The number of morpholine rings is 1. The highest BCUT2D eigenvalue weighted by Gasteiger charge is 2.38. The van der Waals surface area contributed by atoms with Gasteiger partial charge in [-0.1, -0.05) is 6.92 Å². The molecular formula is C10H19NO2. The molecule has 2 saturated heterocycles. The van der Waals surface area contributed by atoms with Crippen LogP contribution in [0.3, 0.4) is 0 Å². The van der Waals surface area contributed by atoms with Crippen LogP contribution in [0.4, 0.5) is 0 Å². The van der Waals surface area contributed by atoms with Crippen LogP contribution in [0.25, 0.3) is 0 Å². The average Bonchev–Trinajstić information content (AvgIpc) is 2.19. The third-order valence-electron chi connectivity index (χ3n) is 3.10. The molecule has 2 aliphatic rings. The first-order valence-corrected chi connectivity index (χ1v) is 5.31. The first-order valence-electron chi connectivity index (χ1n) is 5.31. The van der Waals surface area contributed by atoms with Gasteiger partial charge >= 0.3 is 0 Å². The van der Waals surface area contributed by atoms with Crippen LogP contribution in [-0.4, -0.2) is 38.0 Å². The Morgan fingerprint density at radius 1 is 1.46 bits per heavy atom. The monoisotopic (exact) mass is 185 g/mol. The van der Waals surface area contributed by atoms with Gasteiger partial charge in [-0.25, -0.2) is 0 Å². The SMILES string of the molecule is CCC1CC2(CCO1)CNCCO2. The van der Waals surface area contributed by atoms with Crippen molar-refractivity contribution < 1.29 is 9.47 Å². The van der Waals surface area contributed by atoms with Gasteiger partial charge in [0.1, 0.15) is 0 Å². The van der Waals surface area contributed by atoms with Gasteiger partial charge in [0.25, 0.3) is 0 Å². The molecule has 0 amide bonds. The zero-order chi connectivity index (χ0) is 9.15. The summed E-state index contributed by atoms with van der Waals surface area (Å²) in [7, 11) is 0. The van der Waals surface area contributed by atoms with Gasteiger partial charge in [0, 0.05) is 32.5 Å². The molecule has 13 heavy (non-hydrogen) atoms. The number of nitrogens with one attached hydrogen (secondary N) is 1. The van der Waals surface area contributed by atoms with Crippen molar-refractivity contribution in [2.75, 3.05) is 26.3 Å². The number of rotatable bonds is 1. The standard InChI is InChI=1S/C10H19NO2/c1-2-9-7-10(3-5-12-9)8-11-4-6-13-10/h9,11H,2-8H2,1H3. The van der Waals surface area contributed by atoms with Gasteiger partial charge in [0.2, 0.25) is 0 Å². The Bertz CT molecular complexity index is 161. The van der Waals surface area contributed by atoms with Gasteiger partial charge in [0.15, 0.2) is 0 Å². The van der Waals surface area contributed by atoms with Crippen molar-refractivity contribution in [3.05, 3.63) is 0 Å². The smallest absolute Gasteiger partial charge is 0.0853 e. The molecule has 2 fully saturated rings. The summed E-state index contributed by atoms with van der Waals surface area (Å²) in [6.45, 7) is 5.91. The van der Waals surface area contributed by atoms with Crippen molar-refractivity contribution in [2.24, 2.45) is 0 Å². The zero-order valence-electron chi connectivity index (χ0n) is 8.34. The molecular weight excluding hydrogens is 166 g/mol. The van der Waals surface area contributed by atoms with Crippen LogP contribution in [0.15, 0.2) is 0 Å². The van der Waals surface area contributed by atoms with E-state index in [1.54, 1.807) is 0 Å². The largest absolute Gasteiger partial charge is 0.378 e. The van der Waals surface area contributed by atoms with Crippen LogP contribution in [-0.2, 0) is 9.47 Å². The lowest BCUT2D eigenvalue weighted by molar-refractivity contribution is -0.148. The van der Waals surface area contributed by atoms with Gasteiger partial charge in [-0.05, 0) is 6.42 Å². The van der Waals surface area contributed by atoms with Gasteiger partial charge in [-0.15, -0.1) is 0 Å². The Morgan fingerprint density at radius 2 is 2.38 bits per heavy atom. The quantitative estimate of drug-likeness (QED) is 0.659. The summed E-state index contributed by atoms with van der Waals surface area (Å²) in [6.07, 6.45) is 3.63. The fourth-order valence-electron chi connectivity index (χ4n) is 2.25. The number of hydrogen-bond donors (Lipinski definition) is 1. The molecule has 3 heteroatoms. The Hall–Kier alpha value is -0.120. The van der Waals surface area contributed by atoms with Crippen molar-refractivity contribution in [1.29, 1.82) is 0 Å².